The predicted molar refractivity (Wildman–Crippen MR) is 83.7 cm³/mol. The second kappa shape index (κ2) is 6.64. The number of benzene rings is 2. The molecule has 2 nitrogen and oxygen atoms in total. The van der Waals surface area contributed by atoms with Crippen LogP contribution in [0.15, 0.2) is 72.9 Å². The summed E-state index contributed by atoms with van der Waals surface area (Å²) in [5.41, 5.74) is 2.43. The Hall–Kier alpha value is -2.22. The normalized spacial score (nSPS) is 10.6. The van der Waals surface area contributed by atoms with Crippen LogP contribution >= 0.6 is 0 Å². The Morgan fingerprint density at radius 2 is 1.32 bits per heavy atom. The van der Waals surface area contributed by atoms with Crippen LogP contribution < -0.4 is 9.80 Å². The summed E-state index contributed by atoms with van der Waals surface area (Å²) in [6, 6.07) is 20.7. The van der Waals surface area contributed by atoms with E-state index in [1.807, 2.05) is 12.1 Å². The molecule has 0 saturated heterocycles. The first-order chi connectivity index (χ1) is 9.27. The molecule has 0 unspecified atom stereocenters. The van der Waals surface area contributed by atoms with Crippen molar-refractivity contribution < 1.29 is 0 Å². The van der Waals surface area contributed by atoms with Crippen molar-refractivity contribution in [3.8, 4) is 0 Å². The Kier molecular flexibility index (Phi) is 4.62. The fraction of sp³-hybridized carbons (Fsp3) is 0.176. The first-order valence-corrected chi connectivity index (χ1v) is 6.48. The lowest BCUT2D eigenvalue weighted by Crippen LogP contribution is -2.17. The molecular formula is C17H20N2. The van der Waals surface area contributed by atoms with E-state index < -0.39 is 0 Å². The van der Waals surface area contributed by atoms with E-state index in [1.165, 1.54) is 11.4 Å². The van der Waals surface area contributed by atoms with Gasteiger partial charge in [-0.2, -0.15) is 0 Å². The van der Waals surface area contributed by atoms with Crippen LogP contribution in [0.1, 0.15) is 0 Å². The van der Waals surface area contributed by atoms with Gasteiger partial charge in [-0.3, -0.25) is 0 Å². The highest BCUT2D eigenvalue weighted by molar-refractivity contribution is 5.49. The zero-order chi connectivity index (χ0) is 13.5. The third kappa shape index (κ3) is 3.88. The first kappa shape index (κ1) is 13.2. The van der Waals surface area contributed by atoms with Crippen LogP contribution in [-0.4, -0.2) is 20.6 Å². The number of anilines is 2. The highest BCUT2D eigenvalue weighted by atomic mass is 15.1. The fourth-order valence-electron chi connectivity index (χ4n) is 1.90. The second-order valence-electron chi connectivity index (χ2n) is 4.55. The summed E-state index contributed by atoms with van der Waals surface area (Å²) in [5, 5.41) is 0. The minimum absolute atomic E-state index is 0.890. The van der Waals surface area contributed by atoms with Crippen molar-refractivity contribution in [3.63, 3.8) is 0 Å². The van der Waals surface area contributed by atoms with E-state index in [9.17, 15) is 0 Å². The van der Waals surface area contributed by atoms with Gasteiger partial charge in [0.05, 0.1) is 0 Å². The highest BCUT2D eigenvalue weighted by Gasteiger charge is 1.97. The topological polar surface area (TPSA) is 6.48 Å². The van der Waals surface area contributed by atoms with Crippen LogP contribution in [0.25, 0.3) is 0 Å². The van der Waals surface area contributed by atoms with Crippen molar-refractivity contribution in [2.24, 2.45) is 0 Å². The molecule has 0 fully saturated rings. The van der Waals surface area contributed by atoms with Gasteiger partial charge in [-0.05, 0) is 30.3 Å². The van der Waals surface area contributed by atoms with Crippen molar-refractivity contribution in [2.75, 3.05) is 30.4 Å². The van der Waals surface area contributed by atoms with Crippen molar-refractivity contribution in [1.29, 1.82) is 0 Å². The molecule has 0 bridgehead atoms. The van der Waals surface area contributed by atoms with Gasteiger partial charge in [0.2, 0.25) is 0 Å². The average Bonchev–Trinajstić information content (AvgIpc) is 2.49. The van der Waals surface area contributed by atoms with Crippen LogP contribution in [0.5, 0.6) is 0 Å². The summed E-state index contributed by atoms with van der Waals surface area (Å²) >= 11 is 0. The van der Waals surface area contributed by atoms with Crippen LogP contribution in [0.2, 0.25) is 0 Å². The van der Waals surface area contributed by atoms with Crippen molar-refractivity contribution in [3.05, 3.63) is 72.9 Å². The number of likely N-dealkylation sites (N-methyl/N-ethyl adjacent to an activating group) is 1. The Labute approximate surface area is 115 Å². The summed E-state index contributed by atoms with van der Waals surface area (Å²) in [7, 11) is 4.16. The first-order valence-electron chi connectivity index (χ1n) is 6.48. The van der Waals surface area contributed by atoms with Gasteiger partial charge in [0.1, 0.15) is 0 Å². The fourth-order valence-corrected chi connectivity index (χ4v) is 1.90. The molecule has 2 rings (SSSR count). The molecule has 0 heterocycles. The van der Waals surface area contributed by atoms with Crippen molar-refractivity contribution in [1.82, 2.24) is 0 Å². The highest BCUT2D eigenvalue weighted by Crippen LogP contribution is 2.12. The monoisotopic (exact) mass is 252 g/mol. The lowest BCUT2D eigenvalue weighted by atomic mass is 10.3. The number of para-hydroxylation sites is 2. The third-order valence-electron chi connectivity index (χ3n) is 3.07. The quantitative estimate of drug-likeness (QED) is 0.799. The maximum atomic E-state index is 2.22. The van der Waals surface area contributed by atoms with E-state index in [0.29, 0.717) is 0 Å². The average molecular weight is 252 g/mol. The molecular weight excluding hydrogens is 232 g/mol. The summed E-state index contributed by atoms with van der Waals surface area (Å²) in [6.07, 6.45) is 4.27. The second-order valence-corrected chi connectivity index (χ2v) is 4.55. The van der Waals surface area contributed by atoms with Gasteiger partial charge in [-0.25, -0.2) is 0 Å². The van der Waals surface area contributed by atoms with Crippen LogP contribution in [0.3, 0.4) is 0 Å². The van der Waals surface area contributed by atoms with Crippen LogP contribution in [-0.2, 0) is 0 Å². The molecule has 0 radical (unpaired) electrons. The van der Waals surface area contributed by atoms with Gasteiger partial charge in [-0.15, -0.1) is 0 Å². The van der Waals surface area contributed by atoms with Crippen LogP contribution in [0, 0.1) is 0 Å². The molecule has 0 aliphatic heterocycles. The number of nitrogens with zero attached hydrogens (tertiary/aromatic N) is 2. The Balaban J connectivity index is 1.90. The van der Waals surface area contributed by atoms with Gasteiger partial charge in [-0.1, -0.05) is 36.4 Å². The molecule has 2 aromatic rings. The summed E-state index contributed by atoms with van der Waals surface area (Å²) in [6.45, 7) is 0.890. The molecule has 0 atom stereocenters. The molecule has 0 N–H and O–H groups in total. The zero-order valence-corrected chi connectivity index (χ0v) is 11.5. The zero-order valence-electron chi connectivity index (χ0n) is 11.5. The molecule has 0 spiro atoms. The molecule has 0 amide bonds. The minimum atomic E-state index is 0.890. The van der Waals surface area contributed by atoms with Gasteiger partial charge in [0, 0.05) is 38.2 Å². The molecule has 98 valence electrons. The van der Waals surface area contributed by atoms with E-state index in [0.717, 1.165) is 6.54 Å². The standard InChI is InChI=1S/C17H20N2/c1-18(16-10-5-3-6-11-16)14-9-15-19(2)17-12-7-4-8-13-17/h3-14H,15H2,1-2H3/b14-9+. The lowest BCUT2D eigenvalue weighted by molar-refractivity contribution is 1.02. The number of hydrogen-bond acceptors (Lipinski definition) is 2. The maximum absolute atomic E-state index is 2.22. The van der Waals surface area contributed by atoms with E-state index in [4.69, 9.17) is 0 Å². The van der Waals surface area contributed by atoms with E-state index >= 15 is 0 Å². The van der Waals surface area contributed by atoms with Crippen molar-refractivity contribution >= 4 is 11.4 Å². The summed E-state index contributed by atoms with van der Waals surface area (Å²) in [4.78, 5) is 4.34. The summed E-state index contributed by atoms with van der Waals surface area (Å²) < 4.78 is 0. The summed E-state index contributed by atoms with van der Waals surface area (Å²) in [5.74, 6) is 0. The predicted octanol–water partition coefficient (Wildman–Crippen LogP) is 3.77. The number of hydrogen-bond donors (Lipinski definition) is 0. The Bertz CT molecular complexity index is 505. The molecule has 0 saturated carbocycles. The van der Waals surface area contributed by atoms with Gasteiger partial charge >= 0.3 is 0 Å². The largest absolute Gasteiger partial charge is 0.371 e. The van der Waals surface area contributed by atoms with Crippen LogP contribution in [0.4, 0.5) is 11.4 Å². The molecule has 2 aromatic carbocycles. The lowest BCUT2D eigenvalue weighted by Gasteiger charge is -2.18. The molecule has 0 aliphatic carbocycles. The molecule has 2 heteroatoms. The van der Waals surface area contributed by atoms with Gasteiger partial charge < -0.3 is 9.80 Å². The van der Waals surface area contributed by atoms with Gasteiger partial charge in [0.15, 0.2) is 0 Å². The molecule has 19 heavy (non-hydrogen) atoms. The van der Waals surface area contributed by atoms with E-state index in [-0.39, 0.29) is 0 Å². The van der Waals surface area contributed by atoms with E-state index in [2.05, 4.69) is 84.7 Å². The Morgan fingerprint density at radius 1 is 0.789 bits per heavy atom. The van der Waals surface area contributed by atoms with Gasteiger partial charge in [0.25, 0.3) is 0 Å². The molecule has 0 aliphatic rings. The van der Waals surface area contributed by atoms with E-state index in [1.54, 1.807) is 0 Å². The number of rotatable bonds is 5. The molecule has 0 aromatic heterocycles. The minimum Gasteiger partial charge on any atom is -0.371 e. The maximum Gasteiger partial charge on any atom is 0.0403 e. The Morgan fingerprint density at radius 3 is 1.89 bits per heavy atom. The smallest absolute Gasteiger partial charge is 0.0403 e. The SMILES string of the molecule is CN(/C=C/CN(C)c1ccccc1)c1ccccc1. The van der Waals surface area contributed by atoms with Crippen molar-refractivity contribution in [2.45, 2.75) is 0 Å². The third-order valence-corrected chi connectivity index (χ3v) is 3.07.